The van der Waals surface area contributed by atoms with Crippen molar-refractivity contribution in [1.82, 2.24) is 20.4 Å². The Bertz CT molecular complexity index is 297. The highest BCUT2D eigenvalue weighted by atomic mass is 15.1. The van der Waals surface area contributed by atoms with Gasteiger partial charge in [-0.25, -0.2) is 0 Å². The van der Waals surface area contributed by atoms with E-state index < -0.39 is 0 Å². The number of aryl methyl sites for hydroxylation is 2. The lowest BCUT2D eigenvalue weighted by molar-refractivity contribution is 0.273. The summed E-state index contributed by atoms with van der Waals surface area (Å²) in [5, 5.41) is 10.6. The third-order valence-corrected chi connectivity index (χ3v) is 3.11. The summed E-state index contributed by atoms with van der Waals surface area (Å²) in [5.41, 5.74) is 3.57. The molecule has 0 fully saturated rings. The van der Waals surface area contributed by atoms with Gasteiger partial charge in [-0.05, 0) is 34.7 Å². The molecule has 92 valence electrons. The molecule has 1 aromatic rings. The molecule has 4 nitrogen and oxygen atoms in total. The lowest BCUT2D eigenvalue weighted by Gasteiger charge is -2.20. The lowest BCUT2D eigenvalue weighted by atomic mass is 10.2. The van der Waals surface area contributed by atoms with E-state index >= 15 is 0 Å². The van der Waals surface area contributed by atoms with E-state index in [9.17, 15) is 0 Å². The van der Waals surface area contributed by atoms with E-state index in [1.54, 1.807) is 0 Å². The molecule has 0 unspecified atom stereocenters. The summed E-state index contributed by atoms with van der Waals surface area (Å²) < 4.78 is 0. The maximum absolute atomic E-state index is 4.18. The zero-order chi connectivity index (χ0) is 12.1. The standard InChI is InChI=1S/C12H24N4/c1-9(2)16(5)7-6-13-8-12-10(3)14-15-11(12)4/h9,13H,6-8H2,1-5H3,(H,14,15). The molecule has 1 aromatic heterocycles. The Balaban J connectivity index is 2.26. The van der Waals surface area contributed by atoms with Crippen LogP contribution in [0.4, 0.5) is 0 Å². The van der Waals surface area contributed by atoms with Crippen molar-refractivity contribution < 1.29 is 0 Å². The van der Waals surface area contributed by atoms with Crippen molar-refractivity contribution in [2.45, 2.75) is 40.3 Å². The molecular weight excluding hydrogens is 200 g/mol. The fourth-order valence-corrected chi connectivity index (χ4v) is 1.56. The highest BCUT2D eigenvalue weighted by Gasteiger charge is 2.06. The minimum Gasteiger partial charge on any atom is -0.311 e. The van der Waals surface area contributed by atoms with Gasteiger partial charge in [-0.1, -0.05) is 0 Å². The molecule has 1 rings (SSSR count). The smallest absolute Gasteiger partial charge is 0.0638 e. The molecule has 4 heteroatoms. The van der Waals surface area contributed by atoms with E-state index in [4.69, 9.17) is 0 Å². The van der Waals surface area contributed by atoms with Crippen molar-refractivity contribution in [1.29, 1.82) is 0 Å². The van der Waals surface area contributed by atoms with Crippen LogP contribution in [0.5, 0.6) is 0 Å². The number of likely N-dealkylation sites (N-methyl/N-ethyl adjacent to an activating group) is 1. The predicted octanol–water partition coefficient (Wildman–Crippen LogP) is 1.46. The Hall–Kier alpha value is -0.870. The second-order valence-electron chi connectivity index (χ2n) is 4.66. The Morgan fingerprint density at radius 2 is 2.06 bits per heavy atom. The van der Waals surface area contributed by atoms with E-state index in [1.165, 1.54) is 11.3 Å². The number of nitrogens with zero attached hydrogens (tertiary/aromatic N) is 2. The number of aromatic amines is 1. The van der Waals surface area contributed by atoms with Gasteiger partial charge in [0.1, 0.15) is 0 Å². The molecule has 0 aliphatic rings. The quantitative estimate of drug-likeness (QED) is 0.719. The van der Waals surface area contributed by atoms with Gasteiger partial charge in [0, 0.05) is 36.9 Å². The van der Waals surface area contributed by atoms with Crippen molar-refractivity contribution in [3.63, 3.8) is 0 Å². The van der Waals surface area contributed by atoms with Gasteiger partial charge in [0.15, 0.2) is 0 Å². The first-order chi connectivity index (χ1) is 7.52. The zero-order valence-electron chi connectivity index (χ0n) is 11.1. The number of rotatable bonds is 6. The van der Waals surface area contributed by atoms with Gasteiger partial charge in [0.05, 0.1) is 5.69 Å². The van der Waals surface area contributed by atoms with Crippen LogP contribution in [0.25, 0.3) is 0 Å². The maximum atomic E-state index is 4.18. The van der Waals surface area contributed by atoms with Gasteiger partial charge < -0.3 is 10.2 Å². The van der Waals surface area contributed by atoms with Crippen molar-refractivity contribution in [3.8, 4) is 0 Å². The monoisotopic (exact) mass is 224 g/mol. The minimum atomic E-state index is 0.610. The summed E-state index contributed by atoms with van der Waals surface area (Å²) in [5.74, 6) is 0. The number of H-pyrrole nitrogens is 1. The third kappa shape index (κ3) is 3.61. The van der Waals surface area contributed by atoms with Crippen LogP contribution in [0.15, 0.2) is 0 Å². The van der Waals surface area contributed by atoms with Crippen molar-refractivity contribution in [3.05, 3.63) is 17.0 Å². The molecule has 0 aliphatic heterocycles. The SMILES string of the molecule is Cc1n[nH]c(C)c1CNCCN(C)C(C)C. The zero-order valence-corrected chi connectivity index (χ0v) is 11.1. The molecule has 0 atom stereocenters. The second-order valence-corrected chi connectivity index (χ2v) is 4.66. The van der Waals surface area contributed by atoms with Crippen LogP contribution in [0.3, 0.4) is 0 Å². The van der Waals surface area contributed by atoms with E-state index in [1.807, 2.05) is 6.92 Å². The van der Waals surface area contributed by atoms with E-state index in [0.717, 1.165) is 25.3 Å². The first-order valence-corrected chi connectivity index (χ1v) is 5.93. The van der Waals surface area contributed by atoms with Crippen molar-refractivity contribution in [2.75, 3.05) is 20.1 Å². The Kier molecular flexibility index (Phi) is 4.96. The van der Waals surface area contributed by atoms with Crippen LogP contribution in [0.1, 0.15) is 30.8 Å². The summed E-state index contributed by atoms with van der Waals surface area (Å²) in [6, 6.07) is 0.610. The molecule has 0 saturated carbocycles. The molecular formula is C12H24N4. The largest absolute Gasteiger partial charge is 0.311 e. The van der Waals surface area contributed by atoms with Crippen molar-refractivity contribution >= 4 is 0 Å². The second kappa shape index (κ2) is 6.01. The van der Waals surface area contributed by atoms with Crippen LogP contribution < -0.4 is 5.32 Å². The number of hydrogen-bond acceptors (Lipinski definition) is 3. The average Bonchev–Trinajstić information content (AvgIpc) is 2.54. The number of aromatic nitrogens is 2. The van der Waals surface area contributed by atoms with E-state index in [0.29, 0.717) is 6.04 Å². The van der Waals surface area contributed by atoms with Crippen LogP contribution in [-0.4, -0.2) is 41.3 Å². The molecule has 0 spiro atoms. The number of hydrogen-bond donors (Lipinski definition) is 2. The molecule has 0 aliphatic carbocycles. The summed E-state index contributed by atoms with van der Waals surface area (Å²) >= 11 is 0. The summed E-state index contributed by atoms with van der Waals surface area (Å²) in [6.45, 7) is 11.5. The first kappa shape index (κ1) is 13.2. The fraction of sp³-hybridized carbons (Fsp3) is 0.750. The molecule has 0 aromatic carbocycles. The van der Waals surface area contributed by atoms with Crippen LogP contribution in [-0.2, 0) is 6.54 Å². The predicted molar refractivity (Wildman–Crippen MR) is 67.5 cm³/mol. The number of nitrogens with one attached hydrogen (secondary N) is 2. The molecule has 0 radical (unpaired) electrons. The minimum absolute atomic E-state index is 0.610. The van der Waals surface area contributed by atoms with Crippen LogP contribution >= 0.6 is 0 Å². The Morgan fingerprint density at radius 1 is 1.38 bits per heavy atom. The van der Waals surface area contributed by atoms with Crippen LogP contribution in [0, 0.1) is 13.8 Å². The molecule has 16 heavy (non-hydrogen) atoms. The van der Waals surface area contributed by atoms with E-state index in [-0.39, 0.29) is 0 Å². The molecule has 0 bridgehead atoms. The highest BCUT2D eigenvalue weighted by Crippen LogP contribution is 2.07. The molecule has 0 amide bonds. The summed E-state index contributed by atoms with van der Waals surface area (Å²) in [4.78, 5) is 2.34. The maximum Gasteiger partial charge on any atom is 0.0638 e. The van der Waals surface area contributed by atoms with Gasteiger partial charge in [-0.2, -0.15) is 5.10 Å². The molecule has 0 saturated heterocycles. The summed E-state index contributed by atoms with van der Waals surface area (Å²) in [6.07, 6.45) is 0. The summed E-state index contributed by atoms with van der Waals surface area (Å²) in [7, 11) is 2.15. The van der Waals surface area contributed by atoms with Gasteiger partial charge in [0.2, 0.25) is 0 Å². The molecule has 1 heterocycles. The van der Waals surface area contributed by atoms with Gasteiger partial charge in [0.25, 0.3) is 0 Å². The fourth-order valence-electron chi connectivity index (χ4n) is 1.56. The normalized spacial score (nSPS) is 11.7. The Labute approximate surface area is 98.4 Å². The van der Waals surface area contributed by atoms with Gasteiger partial charge >= 0.3 is 0 Å². The van der Waals surface area contributed by atoms with Crippen molar-refractivity contribution in [2.24, 2.45) is 0 Å². The highest BCUT2D eigenvalue weighted by molar-refractivity contribution is 5.22. The average molecular weight is 224 g/mol. The first-order valence-electron chi connectivity index (χ1n) is 5.93. The van der Waals surface area contributed by atoms with Gasteiger partial charge in [-0.3, -0.25) is 5.10 Å². The van der Waals surface area contributed by atoms with Crippen LogP contribution in [0.2, 0.25) is 0 Å². The third-order valence-electron chi connectivity index (χ3n) is 3.11. The topological polar surface area (TPSA) is 44.0 Å². The van der Waals surface area contributed by atoms with Gasteiger partial charge in [-0.15, -0.1) is 0 Å². The lowest BCUT2D eigenvalue weighted by Crippen LogP contribution is -2.33. The van der Waals surface area contributed by atoms with E-state index in [2.05, 4.69) is 48.2 Å². The Morgan fingerprint density at radius 3 is 2.56 bits per heavy atom. The molecule has 2 N–H and O–H groups in total.